The van der Waals surface area contributed by atoms with Gasteiger partial charge in [-0.2, -0.15) is 0 Å². The minimum absolute atomic E-state index is 0.131. The van der Waals surface area contributed by atoms with Gasteiger partial charge in [0, 0.05) is 17.9 Å². The van der Waals surface area contributed by atoms with Gasteiger partial charge in [-0.15, -0.1) is 0 Å². The number of rotatable bonds is 4. The maximum atomic E-state index is 13.6. The van der Waals surface area contributed by atoms with E-state index in [1.807, 2.05) is 84.9 Å². The summed E-state index contributed by atoms with van der Waals surface area (Å²) in [6.07, 6.45) is -0.426. The van der Waals surface area contributed by atoms with Crippen molar-refractivity contribution in [2.75, 3.05) is 43.1 Å². The summed E-state index contributed by atoms with van der Waals surface area (Å²) in [7, 11) is 0. The van der Waals surface area contributed by atoms with Crippen LogP contribution in [0.5, 0.6) is 0 Å². The summed E-state index contributed by atoms with van der Waals surface area (Å²) in [5, 5.41) is 3.33. The maximum Gasteiger partial charge on any atom is 0.415 e. The Labute approximate surface area is 192 Å². The molecule has 2 amide bonds. The third kappa shape index (κ3) is 4.40. The average Bonchev–Trinajstić information content (AvgIpc) is 3.03. The third-order valence-corrected chi connectivity index (χ3v) is 5.89. The zero-order valence-electron chi connectivity index (χ0n) is 18.1. The minimum atomic E-state index is -0.916. The Balaban J connectivity index is 1.38. The van der Waals surface area contributed by atoms with Gasteiger partial charge in [-0.05, 0) is 36.4 Å². The van der Waals surface area contributed by atoms with Crippen LogP contribution >= 0.6 is 0 Å². The maximum absolute atomic E-state index is 13.6. The normalized spacial score (nSPS) is 20.4. The minimum Gasteiger partial charge on any atom is -0.436 e. The van der Waals surface area contributed by atoms with Crippen molar-refractivity contribution in [2.45, 2.75) is 5.60 Å². The van der Waals surface area contributed by atoms with Crippen molar-refractivity contribution in [3.8, 4) is 0 Å². The van der Waals surface area contributed by atoms with Crippen molar-refractivity contribution >= 4 is 29.1 Å². The van der Waals surface area contributed by atoms with Crippen LogP contribution in [0.25, 0.3) is 0 Å². The third-order valence-electron chi connectivity index (χ3n) is 5.89. The number of carbonyl (C=O) groups excluding carboxylic acids is 2. The van der Waals surface area contributed by atoms with Crippen molar-refractivity contribution < 1.29 is 19.1 Å². The second kappa shape index (κ2) is 8.96. The zero-order chi connectivity index (χ0) is 22.7. The van der Waals surface area contributed by atoms with Crippen LogP contribution in [0.3, 0.4) is 0 Å². The fraction of sp³-hybridized carbons (Fsp3) is 0.231. The second-order valence-electron chi connectivity index (χ2n) is 8.29. The molecule has 0 radical (unpaired) electrons. The van der Waals surface area contributed by atoms with Crippen molar-refractivity contribution in [2.24, 2.45) is 0 Å². The first-order valence-corrected chi connectivity index (χ1v) is 11.0. The molecule has 2 fully saturated rings. The molecule has 2 aliphatic rings. The highest BCUT2D eigenvalue weighted by atomic mass is 16.6. The van der Waals surface area contributed by atoms with Crippen molar-refractivity contribution in [1.29, 1.82) is 0 Å². The Kier molecular flexibility index (Phi) is 5.71. The van der Waals surface area contributed by atoms with Gasteiger partial charge in [0.25, 0.3) is 5.91 Å². The Morgan fingerprint density at radius 3 is 2.36 bits per heavy atom. The number of ether oxygens (including phenoxy) is 2. The molecule has 0 aromatic heterocycles. The fourth-order valence-electron chi connectivity index (χ4n) is 4.29. The molecule has 7 heteroatoms. The molecule has 0 bridgehead atoms. The van der Waals surface area contributed by atoms with Crippen molar-refractivity contribution in [3.63, 3.8) is 0 Å². The van der Waals surface area contributed by atoms with Crippen LogP contribution in [-0.2, 0) is 9.47 Å². The molecule has 2 saturated heterocycles. The molecule has 7 nitrogen and oxygen atoms in total. The quantitative estimate of drug-likeness (QED) is 0.651. The smallest absolute Gasteiger partial charge is 0.415 e. The molecule has 1 spiro atoms. The summed E-state index contributed by atoms with van der Waals surface area (Å²) < 4.78 is 11.6. The van der Waals surface area contributed by atoms with Crippen LogP contribution in [0.1, 0.15) is 10.4 Å². The number of benzene rings is 3. The highest BCUT2D eigenvalue weighted by molar-refractivity contribution is 6.00. The molecule has 2 aliphatic heterocycles. The fourth-order valence-corrected chi connectivity index (χ4v) is 4.29. The number of hydrogen-bond donors (Lipinski definition) is 1. The van der Waals surface area contributed by atoms with E-state index in [2.05, 4.69) is 5.32 Å². The number of amides is 2. The summed E-state index contributed by atoms with van der Waals surface area (Å²) in [4.78, 5) is 29.6. The van der Waals surface area contributed by atoms with E-state index in [4.69, 9.17) is 9.47 Å². The van der Waals surface area contributed by atoms with Gasteiger partial charge >= 0.3 is 6.09 Å². The summed E-state index contributed by atoms with van der Waals surface area (Å²) in [6, 6.07) is 26.6. The van der Waals surface area contributed by atoms with Gasteiger partial charge in [0.05, 0.1) is 37.6 Å². The molecular formula is C26H25N3O4. The number of nitrogens with one attached hydrogen (secondary N) is 1. The van der Waals surface area contributed by atoms with Crippen LogP contribution in [0.4, 0.5) is 21.9 Å². The van der Waals surface area contributed by atoms with E-state index in [9.17, 15) is 9.59 Å². The highest BCUT2D eigenvalue weighted by Gasteiger charge is 2.49. The summed E-state index contributed by atoms with van der Waals surface area (Å²) >= 11 is 0. The van der Waals surface area contributed by atoms with Crippen molar-refractivity contribution in [1.82, 2.24) is 4.90 Å². The Morgan fingerprint density at radius 1 is 0.879 bits per heavy atom. The van der Waals surface area contributed by atoms with Crippen LogP contribution < -0.4 is 10.2 Å². The second-order valence-corrected chi connectivity index (χ2v) is 8.29. The van der Waals surface area contributed by atoms with E-state index >= 15 is 0 Å². The number of carbonyl (C=O) groups is 2. The van der Waals surface area contributed by atoms with E-state index < -0.39 is 11.7 Å². The van der Waals surface area contributed by atoms with Gasteiger partial charge in [0.1, 0.15) is 0 Å². The lowest BCUT2D eigenvalue weighted by Crippen LogP contribution is -2.49. The summed E-state index contributed by atoms with van der Waals surface area (Å²) in [5.41, 5.74) is 2.03. The number of anilines is 3. The largest absolute Gasteiger partial charge is 0.436 e. The summed E-state index contributed by atoms with van der Waals surface area (Å²) in [5.74, 6) is -0.131. The molecule has 1 atom stereocenters. The lowest BCUT2D eigenvalue weighted by Gasteiger charge is -2.30. The lowest BCUT2D eigenvalue weighted by molar-refractivity contribution is -0.0140. The molecule has 2 heterocycles. The average molecular weight is 444 g/mol. The number of para-hydroxylation sites is 3. The molecule has 33 heavy (non-hydrogen) atoms. The molecule has 0 unspecified atom stereocenters. The molecule has 3 aromatic carbocycles. The Bertz CT molecular complexity index is 1140. The van der Waals surface area contributed by atoms with Crippen LogP contribution in [-0.4, -0.2) is 55.3 Å². The first-order chi connectivity index (χ1) is 16.1. The van der Waals surface area contributed by atoms with E-state index in [-0.39, 0.29) is 19.1 Å². The molecule has 1 N–H and O–H groups in total. The lowest BCUT2D eigenvalue weighted by atomic mass is 10.0. The predicted octanol–water partition coefficient (Wildman–Crippen LogP) is 4.30. The highest BCUT2D eigenvalue weighted by Crippen LogP contribution is 2.31. The first-order valence-electron chi connectivity index (χ1n) is 11.0. The SMILES string of the molecule is O=C(c1ccccc1Nc1ccccc1)N1CCOC[C@]2(C1)CN(c1ccccc1)C(=O)O2. The first kappa shape index (κ1) is 21.0. The van der Waals surface area contributed by atoms with E-state index in [1.54, 1.807) is 9.80 Å². The van der Waals surface area contributed by atoms with E-state index in [0.29, 0.717) is 25.3 Å². The van der Waals surface area contributed by atoms with Gasteiger partial charge < -0.3 is 19.7 Å². The van der Waals surface area contributed by atoms with Crippen LogP contribution in [0.2, 0.25) is 0 Å². The van der Waals surface area contributed by atoms with Crippen LogP contribution in [0, 0.1) is 0 Å². The molecule has 0 saturated carbocycles. The molecule has 3 aromatic rings. The molecule has 5 rings (SSSR count). The van der Waals surface area contributed by atoms with Gasteiger partial charge in [-0.1, -0.05) is 48.5 Å². The number of nitrogens with zero attached hydrogens (tertiary/aromatic N) is 2. The Morgan fingerprint density at radius 2 is 1.58 bits per heavy atom. The monoisotopic (exact) mass is 443 g/mol. The van der Waals surface area contributed by atoms with Gasteiger partial charge in [0.15, 0.2) is 5.60 Å². The van der Waals surface area contributed by atoms with Gasteiger partial charge in [0.2, 0.25) is 0 Å². The van der Waals surface area contributed by atoms with Gasteiger partial charge in [-0.3, -0.25) is 9.69 Å². The zero-order valence-corrected chi connectivity index (χ0v) is 18.1. The topological polar surface area (TPSA) is 71.1 Å². The Hall–Kier alpha value is -3.84. The standard InChI is InChI=1S/C26H25N3O4/c30-24(22-13-7-8-14-23(22)27-20-9-3-1-4-10-20)28-15-16-32-19-26(17-28)18-29(25(31)33-26)21-11-5-2-6-12-21/h1-14,27H,15-19H2/t26-/m0/s1. The molecular weight excluding hydrogens is 418 g/mol. The van der Waals surface area contributed by atoms with Gasteiger partial charge in [-0.25, -0.2) is 4.79 Å². The van der Waals surface area contributed by atoms with Crippen molar-refractivity contribution in [3.05, 3.63) is 90.5 Å². The number of hydrogen-bond acceptors (Lipinski definition) is 5. The van der Waals surface area contributed by atoms with E-state index in [0.717, 1.165) is 17.1 Å². The van der Waals surface area contributed by atoms with Crippen LogP contribution in [0.15, 0.2) is 84.9 Å². The molecule has 0 aliphatic carbocycles. The molecule has 168 valence electrons. The van der Waals surface area contributed by atoms with E-state index in [1.165, 1.54) is 0 Å². The summed E-state index contributed by atoms with van der Waals surface area (Å²) in [6.45, 7) is 1.63. The predicted molar refractivity (Wildman–Crippen MR) is 126 cm³/mol.